The van der Waals surface area contributed by atoms with Gasteiger partial charge in [-0.3, -0.25) is 9.59 Å². The third kappa shape index (κ3) is 4.40. The highest BCUT2D eigenvalue weighted by Crippen LogP contribution is 2.48. The van der Waals surface area contributed by atoms with E-state index >= 15 is 4.39 Å². The van der Waals surface area contributed by atoms with Gasteiger partial charge in [0.15, 0.2) is 17.3 Å². The van der Waals surface area contributed by atoms with Crippen molar-refractivity contribution in [3.05, 3.63) is 70.3 Å². The second-order valence-corrected chi connectivity index (χ2v) is 12.1. The van der Waals surface area contributed by atoms with Crippen LogP contribution >= 0.6 is 0 Å². The Kier molecular flexibility index (Phi) is 6.60. The Balaban J connectivity index is 1.29. The summed E-state index contributed by atoms with van der Waals surface area (Å²) in [7, 11) is 0. The third-order valence-corrected chi connectivity index (χ3v) is 9.70. The molecule has 1 aromatic heterocycles. The molecule has 4 aliphatic heterocycles. The van der Waals surface area contributed by atoms with Gasteiger partial charge in [0.1, 0.15) is 16.8 Å². The molecule has 3 fully saturated rings. The molecule has 3 aromatic carbocycles. The number of morpholine rings is 1. The molecule has 0 spiro atoms. The number of piperidine rings is 2. The fourth-order valence-corrected chi connectivity index (χ4v) is 7.49. The molecule has 4 aromatic rings. The fourth-order valence-electron chi connectivity index (χ4n) is 7.49. The minimum Gasteiger partial charge on any atom is -0.451 e. The normalized spacial score (nSPS) is 19.5. The maximum absolute atomic E-state index is 16.3. The minimum absolute atomic E-state index is 0.0237. The van der Waals surface area contributed by atoms with Crippen molar-refractivity contribution in [2.45, 2.75) is 38.1 Å². The zero-order valence-corrected chi connectivity index (χ0v) is 24.2. The van der Waals surface area contributed by atoms with Crippen molar-refractivity contribution in [1.29, 1.82) is 0 Å². The van der Waals surface area contributed by atoms with Gasteiger partial charge in [-0.1, -0.05) is 36.8 Å². The van der Waals surface area contributed by atoms with Crippen LogP contribution in [0.2, 0.25) is 0 Å². The molecule has 5 heterocycles. The van der Waals surface area contributed by atoms with Crippen molar-refractivity contribution in [3.8, 4) is 17.2 Å². The van der Waals surface area contributed by atoms with E-state index in [-0.39, 0.29) is 16.9 Å². The molecule has 9 heteroatoms. The first kappa shape index (κ1) is 26.7. The predicted octanol–water partition coefficient (Wildman–Crippen LogP) is 5.32. The van der Waals surface area contributed by atoms with E-state index in [1.807, 2.05) is 41.0 Å². The van der Waals surface area contributed by atoms with Crippen LogP contribution in [0.15, 0.2) is 53.5 Å². The summed E-state index contributed by atoms with van der Waals surface area (Å²) in [5.41, 5.74) is 1.18. The molecule has 0 bridgehead atoms. The van der Waals surface area contributed by atoms with E-state index in [1.54, 1.807) is 11.1 Å². The Morgan fingerprint density at radius 1 is 0.860 bits per heavy atom. The molecular formula is C34H35FN4O4. The Hall–Kier alpha value is -3.95. The lowest BCUT2D eigenvalue weighted by Gasteiger charge is -2.41. The van der Waals surface area contributed by atoms with Crippen molar-refractivity contribution >= 4 is 33.3 Å². The Morgan fingerprint density at radius 3 is 2.42 bits per heavy atom. The fraction of sp³-hybridized carbons (Fsp3) is 0.412. The maximum Gasteiger partial charge on any atom is 0.259 e. The number of hydrogen-bond acceptors (Lipinski definition) is 6. The van der Waals surface area contributed by atoms with Crippen LogP contribution in [0.5, 0.6) is 11.5 Å². The van der Waals surface area contributed by atoms with Crippen molar-refractivity contribution < 1.29 is 18.7 Å². The Bertz CT molecular complexity index is 1800. The standard InChI is InChI=1S/C34H35FN4O4/c35-27-20-25-30-33(31(27)37-14-10-23(11-15-37)36-12-4-1-5-13-36)43-28-9-8-22-6-2-3-7-24(22)29(28)39(30)21-26(32(25)40)34(41)38-16-18-42-19-17-38/h2-3,6-9,20-21,23H,1,4-5,10-19H2. The lowest BCUT2D eigenvalue weighted by atomic mass is 9.98. The molecule has 0 saturated carbocycles. The molecule has 8 nitrogen and oxygen atoms in total. The number of carbonyl (C=O) groups excluding carboxylic acids is 1. The zero-order valence-electron chi connectivity index (χ0n) is 24.2. The van der Waals surface area contributed by atoms with E-state index < -0.39 is 11.2 Å². The van der Waals surface area contributed by atoms with Crippen LogP contribution in [0.25, 0.3) is 27.4 Å². The topological polar surface area (TPSA) is 67.2 Å². The summed E-state index contributed by atoms with van der Waals surface area (Å²) in [6, 6.07) is 13.7. The summed E-state index contributed by atoms with van der Waals surface area (Å²) in [6.45, 7) is 5.37. The van der Waals surface area contributed by atoms with E-state index in [0.717, 1.165) is 42.4 Å². The number of benzene rings is 3. The molecule has 1 amide bonds. The second-order valence-electron chi connectivity index (χ2n) is 12.1. The van der Waals surface area contributed by atoms with Crippen molar-refractivity contribution in [3.63, 3.8) is 0 Å². The third-order valence-electron chi connectivity index (χ3n) is 9.70. The molecule has 0 atom stereocenters. The first-order valence-electron chi connectivity index (χ1n) is 15.6. The van der Waals surface area contributed by atoms with Crippen LogP contribution in [-0.2, 0) is 4.74 Å². The highest BCUT2D eigenvalue weighted by atomic mass is 19.1. The number of likely N-dealkylation sites (tertiary alicyclic amines) is 1. The number of fused-ring (bicyclic) bond motifs is 4. The number of pyridine rings is 1. The lowest BCUT2D eigenvalue weighted by Crippen LogP contribution is -2.47. The summed E-state index contributed by atoms with van der Waals surface area (Å²) in [6.07, 6.45) is 7.36. The summed E-state index contributed by atoms with van der Waals surface area (Å²) in [5.74, 6) is 0.0495. The number of amides is 1. The number of ether oxygens (including phenoxy) is 2. The highest BCUT2D eigenvalue weighted by molar-refractivity contribution is 6.04. The van der Waals surface area contributed by atoms with Gasteiger partial charge in [0, 0.05) is 43.8 Å². The highest BCUT2D eigenvalue weighted by Gasteiger charge is 2.34. The molecule has 0 N–H and O–H groups in total. The largest absolute Gasteiger partial charge is 0.451 e. The van der Waals surface area contributed by atoms with Crippen LogP contribution in [0.1, 0.15) is 42.5 Å². The number of halogens is 1. The number of anilines is 1. The SMILES string of the molecule is O=C(c1cn2c3c(c(N4CCC(N5CCCCC5)CC4)c(F)cc3c1=O)Oc1ccc3ccccc3c1-2)N1CCOCC1. The zero-order chi connectivity index (χ0) is 29.1. The van der Waals surface area contributed by atoms with Crippen LogP contribution < -0.4 is 15.1 Å². The molecule has 4 aliphatic rings. The molecule has 0 aliphatic carbocycles. The van der Waals surface area contributed by atoms with Crippen molar-refractivity contribution in [2.24, 2.45) is 0 Å². The predicted molar refractivity (Wildman–Crippen MR) is 164 cm³/mol. The molecule has 0 radical (unpaired) electrons. The molecule has 222 valence electrons. The Morgan fingerprint density at radius 2 is 1.63 bits per heavy atom. The van der Waals surface area contributed by atoms with Gasteiger partial charge in [0.2, 0.25) is 5.43 Å². The molecule has 0 unspecified atom stereocenters. The van der Waals surface area contributed by atoms with E-state index in [2.05, 4.69) is 9.80 Å². The van der Waals surface area contributed by atoms with Gasteiger partial charge < -0.3 is 28.7 Å². The average Bonchev–Trinajstić information content (AvgIpc) is 3.06. The summed E-state index contributed by atoms with van der Waals surface area (Å²) < 4.78 is 30.2. The van der Waals surface area contributed by atoms with Gasteiger partial charge in [-0.2, -0.15) is 0 Å². The molecular weight excluding hydrogens is 547 g/mol. The van der Waals surface area contributed by atoms with Gasteiger partial charge in [-0.05, 0) is 56.3 Å². The lowest BCUT2D eigenvalue weighted by molar-refractivity contribution is 0.0302. The van der Waals surface area contributed by atoms with Crippen LogP contribution in [0.3, 0.4) is 0 Å². The number of aromatic nitrogens is 1. The summed E-state index contributed by atoms with van der Waals surface area (Å²) in [5, 5.41) is 2.08. The average molecular weight is 583 g/mol. The maximum atomic E-state index is 16.3. The van der Waals surface area contributed by atoms with Gasteiger partial charge in [0.05, 0.1) is 24.3 Å². The summed E-state index contributed by atoms with van der Waals surface area (Å²) in [4.78, 5) is 34.0. The van der Waals surface area contributed by atoms with Crippen LogP contribution in [0.4, 0.5) is 10.1 Å². The Labute approximate surface area is 249 Å². The van der Waals surface area contributed by atoms with E-state index in [0.29, 0.717) is 68.1 Å². The number of hydrogen-bond donors (Lipinski definition) is 0. The van der Waals surface area contributed by atoms with Crippen LogP contribution in [-0.4, -0.2) is 78.8 Å². The van der Waals surface area contributed by atoms with Gasteiger partial charge in [0.25, 0.3) is 5.91 Å². The smallest absolute Gasteiger partial charge is 0.259 e. The van der Waals surface area contributed by atoms with Crippen molar-refractivity contribution in [1.82, 2.24) is 14.4 Å². The number of carbonyl (C=O) groups is 1. The molecule has 43 heavy (non-hydrogen) atoms. The first-order chi connectivity index (χ1) is 21.1. The van der Waals surface area contributed by atoms with Crippen molar-refractivity contribution in [2.75, 3.05) is 57.4 Å². The number of rotatable bonds is 3. The summed E-state index contributed by atoms with van der Waals surface area (Å²) >= 11 is 0. The van der Waals surface area contributed by atoms with E-state index in [9.17, 15) is 9.59 Å². The van der Waals surface area contributed by atoms with Gasteiger partial charge in [-0.15, -0.1) is 0 Å². The molecule has 8 rings (SSSR count). The van der Waals surface area contributed by atoms with Gasteiger partial charge >= 0.3 is 0 Å². The van der Waals surface area contributed by atoms with E-state index in [1.165, 1.54) is 25.3 Å². The van der Waals surface area contributed by atoms with Gasteiger partial charge in [-0.25, -0.2) is 4.39 Å². The quantitative estimate of drug-likeness (QED) is 0.287. The molecule has 3 saturated heterocycles. The second kappa shape index (κ2) is 10.6. The van der Waals surface area contributed by atoms with Crippen LogP contribution in [0, 0.1) is 5.82 Å². The monoisotopic (exact) mass is 582 g/mol. The van der Waals surface area contributed by atoms with E-state index in [4.69, 9.17) is 9.47 Å². The number of nitrogens with zero attached hydrogens (tertiary/aromatic N) is 4. The first-order valence-corrected chi connectivity index (χ1v) is 15.6. The minimum atomic E-state index is -0.497.